The second-order valence-electron chi connectivity index (χ2n) is 5.74. The van der Waals surface area contributed by atoms with Gasteiger partial charge in [0, 0.05) is 17.3 Å². The van der Waals surface area contributed by atoms with E-state index in [1.54, 1.807) is 6.92 Å². The quantitative estimate of drug-likeness (QED) is 0.792. The number of aromatic nitrogens is 2. The van der Waals surface area contributed by atoms with Crippen molar-refractivity contribution in [2.24, 2.45) is 0 Å². The van der Waals surface area contributed by atoms with E-state index in [1.165, 1.54) is 59.2 Å². The van der Waals surface area contributed by atoms with E-state index in [0.717, 1.165) is 0 Å². The Morgan fingerprint density at radius 2 is 1.60 bits per heavy atom. The zero-order valence-electron chi connectivity index (χ0n) is 13.5. The van der Waals surface area contributed by atoms with E-state index in [4.69, 9.17) is 0 Å². The van der Waals surface area contributed by atoms with Crippen LogP contribution in [-0.2, 0) is 6.54 Å². The molecule has 1 N–H and O–H groups in total. The second kappa shape index (κ2) is 6.94. The number of nitrogens with zero attached hydrogens (tertiary/aromatic N) is 2. The molecule has 2 aromatic carbocycles. The van der Waals surface area contributed by atoms with Crippen molar-refractivity contribution >= 4 is 0 Å². The molecule has 0 bridgehead atoms. The maximum atomic E-state index is 13.2. The normalized spacial score (nSPS) is 12.2. The van der Waals surface area contributed by atoms with Crippen molar-refractivity contribution in [3.63, 3.8) is 0 Å². The van der Waals surface area contributed by atoms with Gasteiger partial charge in [0.1, 0.15) is 17.5 Å². The lowest BCUT2D eigenvalue weighted by Crippen LogP contribution is -2.26. The van der Waals surface area contributed by atoms with Crippen LogP contribution in [0.2, 0.25) is 0 Å². The molecule has 1 heterocycles. The van der Waals surface area contributed by atoms with E-state index < -0.39 is 17.7 Å². The predicted octanol–water partition coefficient (Wildman–Crippen LogP) is 3.23. The lowest BCUT2D eigenvalue weighted by Gasteiger charge is -2.17. The van der Waals surface area contributed by atoms with Gasteiger partial charge in [-0.3, -0.25) is 9.36 Å². The van der Waals surface area contributed by atoms with E-state index in [9.17, 15) is 18.7 Å². The fraction of sp³-hybridized carbons (Fsp3) is 0.158. The molecule has 0 aliphatic heterocycles. The molecule has 128 valence electrons. The van der Waals surface area contributed by atoms with Crippen molar-refractivity contribution in [2.75, 3.05) is 0 Å². The first-order chi connectivity index (χ1) is 11.9. The van der Waals surface area contributed by atoms with Gasteiger partial charge in [0.25, 0.3) is 5.56 Å². The van der Waals surface area contributed by atoms with E-state index in [0.29, 0.717) is 22.6 Å². The summed E-state index contributed by atoms with van der Waals surface area (Å²) in [6, 6.07) is 12.4. The van der Waals surface area contributed by atoms with Gasteiger partial charge in [0.15, 0.2) is 0 Å². The Morgan fingerprint density at radius 3 is 2.20 bits per heavy atom. The molecule has 1 aromatic heterocycles. The molecule has 0 fully saturated rings. The third-order valence-corrected chi connectivity index (χ3v) is 3.85. The third-order valence-electron chi connectivity index (χ3n) is 3.85. The molecule has 3 rings (SSSR count). The minimum Gasteiger partial charge on any atom is -0.387 e. The van der Waals surface area contributed by atoms with Crippen molar-refractivity contribution in [2.45, 2.75) is 19.6 Å². The zero-order valence-corrected chi connectivity index (χ0v) is 13.5. The average Bonchev–Trinajstić information content (AvgIpc) is 2.58. The average molecular weight is 342 g/mol. The molecule has 0 saturated heterocycles. The highest BCUT2D eigenvalue weighted by molar-refractivity contribution is 5.55. The maximum absolute atomic E-state index is 13.2. The fourth-order valence-corrected chi connectivity index (χ4v) is 2.58. The molecule has 4 nitrogen and oxygen atoms in total. The predicted molar refractivity (Wildman–Crippen MR) is 90.0 cm³/mol. The number of rotatable bonds is 4. The van der Waals surface area contributed by atoms with Gasteiger partial charge in [0.2, 0.25) is 0 Å². The van der Waals surface area contributed by atoms with Gasteiger partial charge in [-0.2, -0.15) is 0 Å². The molecule has 0 amide bonds. The summed E-state index contributed by atoms with van der Waals surface area (Å²) in [6.45, 7) is 1.64. The summed E-state index contributed by atoms with van der Waals surface area (Å²) < 4.78 is 27.5. The minimum atomic E-state index is -1.01. The van der Waals surface area contributed by atoms with Gasteiger partial charge in [-0.15, -0.1) is 0 Å². The summed E-state index contributed by atoms with van der Waals surface area (Å²) >= 11 is 0. The monoisotopic (exact) mass is 342 g/mol. The smallest absolute Gasteiger partial charge is 0.254 e. The van der Waals surface area contributed by atoms with Gasteiger partial charge >= 0.3 is 0 Å². The zero-order chi connectivity index (χ0) is 18.0. The van der Waals surface area contributed by atoms with Crippen LogP contribution < -0.4 is 5.56 Å². The third kappa shape index (κ3) is 3.80. The Balaban J connectivity index is 2.01. The number of hydrogen-bond donors (Lipinski definition) is 1. The number of hydrogen-bond acceptors (Lipinski definition) is 3. The molecule has 1 unspecified atom stereocenters. The molecular weight excluding hydrogens is 326 g/mol. The number of aliphatic hydroxyl groups excluding tert-OH is 1. The number of benzene rings is 2. The highest BCUT2D eigenvalue weighted by Gasteiger charge is 2.15. The van der Waals surface area contributed by atoms with E-state index in [2.05, 4.69) is 4.98 Å². The van der Waals surface area contributed by atoms with E-state index in [1.807, 2.05) is 0 Å². The molecule has 0 aliphatic rings. The second-order valence-corrected chi connectivity index (χ2v) is 5.74. The van der Waals surface area contributed by atoms with Crippen LogP contribution >= 0.6 is 0 Å². The lowest BCUT2D eigenvalue weighted by molar-refractivity contribution is 0.155. The van der Waals surface area contributed by atoms with Crippen molar-refractivity contribution in [3.05, 3.63) is 87.8 Å². The van der Waals surface area contributed by atoms with Crippen molar-refractivity contribution in [1.82, 2.24) is 9.55 Å². The van der Waals surface area contributed by atoms with Crippen molar-refractivity contribution in [3.8, 4) is 11.4 Å². The Kier molecular flexibility index (Phi) is 4.72. The molecule has 25 heavy (non-hydrogen) atoms. The van der Waals surface area contributed by atoms with Crippen molar-refractivity contribution in [1.29, 1.82) is 0 Å². The minimum absolute atomic E-state index is 0.0511. The Bertz CT molecular complexity index is 935. The number of aliphatic hydroxyl groups is 1. The molecular formula is C19H16F2N2O2. The van der Waals surface area contributed by atoms with Gasteiger partial charge in [-0.25, -0.2) is 13.8 Å². The topological polar surface area (TPSA) is 55.1 Å². The standard InChI is InChI=1S/C19H16F2N2O2/c1-12-10-18(25)23(11-17(24)13-2-6-15(20)7-3-13)19(22-12)14-4-8-16(21)9-5-14/h2-10,17,24H,11H2,1H3. The summed E-state index contributed by atoms with van der Waals surface area (Å²) in [6.07, 6.45) is -1.01. The van der Waals surface area contributed by atoms with Crippen LogP contribution in [0.25, 0.3) is 11.4 Å². The lowest BCUT2D eigenvalue weighted by atomic mass is 10.1. The molecule has 6 heteroatoms. The summed E-state index contributed by atoms with van der Waals surface area (Å²) in [5, 5.41) is 10.4. The molecule has 0 aliphatic carbocycles. The molecule has 0 saturated carbocycles. The van der Waals surface area contributed by atoms with Gasteiger partial charge in [0.05, 0.1) is 12.6 Å². The van der Waals surface area contributed by atoms with Crippen LogP contribution in [0.15, 0.2) is 59.4 Å². The number of halogens is 2. The van der Waals surface area contributed by atoms with Gasteiger partial charge in [-0.05, 0) is 48.9 Å². The van der Waals surface area contributed by atoms with Crippen LogP contribution in [0.1, 0.15) is 17.4 Å². The molecule has 1 atom stereocenters. The van der Waals surface area contributed by atoms with Crippen molar-refractivity contribution < 1.29 is 13.9 Å². The van der Waals surface area contributed by atoms with Gasteiger partial charge in [-0.1, -0.05) is 12.1 Å². The summed E-state index contributed by atoms with van der Waals surface area (Å²) in [5.74, 6) is -0.458. The first-order valence-corrected chi connectivity index (χ1v) is 7.72. The Morgan fingerprint density at radius 1 is 1.04 bits per heavy atom. The van der Waals surface area contributed by atoms with E-state index >= 15 is 0 Å². The van der Waals surface area contributed by atoms with Crippen LogP contribution in [0.3, 0.4) is 0 Å². The first kappa shape index (κ1) is 17.0. The Labute approximate surface area is 143 Å². The summed E-state index contributed by atoms with van der Waals surface area (Å²) in [4.78, 5) is 16.8. The van der Waals surface area contributed by atoms with Crippen LogP contribution in [0, 0.1) is 18.6 Å². The summed E-state index contributed by atoms with van der Waals surface area (Å²) in [5.41, 5.74) is 1.25. The van der Waals surface area contributed by atoms with Crippen LogP contribution in [0.5, 0.6) is 0 Å². The molecule has 0 radical (unpaired) electrons. The molecule has 0 spiro atoms. The highest BCUT2D eigenvalue weighted by atomic mass is 19.1. The largest absolute Gasteiger partial charge is 0.387 e. The van der Waals surface area contributed by atoms with Crippen LogP contribution in [-0.4, -0.2) is 14.7 Å². The Hall–Kier alpha value is -2.86. The van der Waals surface area contributed by atoms with Crippen LogP contribution in [0.4, 0.5) is 8.78 Å². The first-order valence-electron chi connectivity index (χ1n) is 7.72. The highest BCUT2D eigenvalue weighted by Crippen LogP contribution is 2.20. The van der Waals surface area contributed by atoms with E-state index in [-0.39, 0.29) is 12.1 Å². The SMILES string of the molecule is Cc1cc(=O)n(CC(O)c2ccc(F)cc2)c(-c2ccc(F)cc2)n1. The molecule has 3 aromatic rings. The number of aryl methyl sites for hydroxylation is 1. The fourth-order valence-electron chi connectivity index (χ4n) is 2.58. The summed E-state index contributed by atoms with van der Waals surface area (Å²) in [7, 11) is 0. The maximum Gasteiger partial charge on any atom is 0.254 e. The van der Waals surface area contributed by atoms with Gasteiger partial charge < -0.3 is 5.11 Å².